The predicted molar refractivity (Wildman–Crippen MR) is 86.4 cm³/mol. The van der Waals surface area contributed by atoms with Crippen molar-refractivity contribution in [2.24, 2.45) is 0 Å². The van der Waals surface area contributed by atoms with Gasteiger partial charge in [0.05, 0.1) is 0 Å². The molecule has 0 aliphatic rings. The first-order valence-electron chi connectivity index (χ1n) is 6.89. The van der Waals surface area contributed by atoms with Gasteiger partial charge >= 0.3 is 0 Å². The topological polar surface area (TPSA) is 88.2 Å². The number of hydrogen-bond donors (Lipinski definition) is 2. The fourth-order valence-corrected chi connectivity index (χ4v) is 3.25. The Balaban J connectivity index is 2.76. The van der Waals surface area contributed by atoms with Gasteiger partial charge in [-0.2, -0.15) is 0 Å². The molecular formula is C13H23N3O3S2. The third-order valence-electron chi connectivity index (χ3n) is 3.01. The minimum Gasteiger partial charge on any atom is -0.369 e. The zero-order chi connectivity index (χ0) is 15.9. The summed E-state index contributed by atoms with van der Waals surface area (Å²) in [7, 11) is -4.57. The summed E-state index contributed by atoms with van der Waals surface area (Å²) in [6.07, 6.45) is 4.58. The highest BCUT2D eigenvalue weighted by atomic mass is 32.2. The summed E-state index contributed by atoms with van der Waals surface area (Å²) in [6, 6.07) is 3.12. The first-order chi connectivity index (χ1) is 9.88. The van der Waals surface area contributed by atoms with E-state index in [0.29, 0.717) is 18.8 Å². The van der Waals surface area contributed by atoms with E-state index in [4.69, 9.17) is 0 Å². The quantitative estimate of drug-likeness (QED) is 0.712. The van der Waals surface area contributed by atoms with Crippen LogP contribution >= 0.6 is 0 Å². The van der Waals surface area contributed by atoms with E-state index in [2.05, 4.69) is 15.0 Å². The van der Waals surface area contributed by atoms with Gasteiger partial charge in [0.25, 0.3) is 0 Å². The lowest BCUT2D eigenvalue weighted by Gasteiger charge is -2.13. The monoisotopic (exact) mass is 333 g/mol. The van der Waals surface area contributed by atoms with Gasteiger partial charge in [0.15, 0.2) is 0 Å². The Hall–Kier alpha value is -0.990. The lowest BCUT2D eigenvalue weighted by molar-refractivity contribution is 0.577. The standard InChI is InChI=1S/C13H23N3O3S2/c1-4-8-14-13-12(6-5-9-15-13)21(18,19)16-10-7-11(2)20(3)17/h5-6,9,11,16H,4,7-8,10H2,1-3H3,(H,14,15). The average Bonchev–Trinajstić information content (AvgIpc) is 2.45. The number of nitrogens with zero attached hydrogens (tertiary/aromatic N) is 1. The molecule has 0 aliphatic carbocycles. The van der Waals surface area contributed by atoms with Crippen LogP contribution in [0.1, 0.15) is 26.7 Å². The van der Waals surface area contributed by atoms with E-state index in [9.17, 15) is 12.6 Å². The van der Waals surface area contributed by atoms with Crippen molar-refractivity contribution < 1.29 is 12.6 Å². The number of rotatable bonds is 9. The minimum atomic E-state index is -3.62. The highest BCUT2D eigenvalue weighted by molar-refractivity contribution is 7.89. The van der Waals surface area contributed by atoms with Crippen molar-refractivity contribution in [1.82, 2.24) is 9.71 Å². The van der Waals surface area contributed by atoms with Crippen LogP contribution in [0, 0.1) is 0 Å². The summed E-state index contributed by atoms with van der Waals surface area (Å²) in [5.74, 6) is 0.360. The van der Waals surface area contributed by atoms with E-state index in [1.165, 1.54) is 6.07 Å². The molecule has 1 rings (SSSR count). The van der Waals surface area contributed by atoms with Gasteiger partial charge < -0.3 is 5.32 Å². The molecule has 2 atom stereocenters. The SMILES string of the molecule is CCCNc1ncccc1S(=O)(=O)NCCC(C)S(C)=O. The van der Waals surface area contributed by atoms with Crippen LogP contribution in [0.2, 0.25) is 0 Å². The number of aromatic nitrogens is 1. The van der Waals surface area contributed by atoms with Crippen LogP contribution in [-0.2, 0) is 20.8 Å². The second kappa shape index (κ2) is 8.45. The lowest BCUT2D eigenvalue weighted by atomic mass is 10.3. The molecule has 2 unspecified atom stereocenters. The molecule has 0 saturated carbocycles. The fourth-order valence-electron chi connectivity index (χ4n) is 1.62. The first-order valence-corrected chi connectivity index (χ1v) is 9.99. The van der Waals surface area contributed by atoms with E-state index in [0.717, 1.165) is 6.42 Å². The second-order valence-corrected chi connectivity index (χ2v) is 8.31. The molecule has 0 saturated heterocycles. The van der Waals surface area contributed by atoms with Crippen molar-refractivity contribution in [3.8, 4) is 0 Å². The molecule has 0 radical (unpaired) electrons. The molecule has 1 heterocycles. The molecule has 120 valence electrons. The van der Waals surface area contributed by atoms with Crippen LogP contribution in [0.5, 0.6) is 0 Å². The number of sulfonamides is 1. The Morgan fingerprint density at radius 1 is 1.38 bits per heavy atom. The molecule has 6 nitrogen and oxygen atoms in total. The number of pyridine rings is 1. The normalized spacial score (nSPS) is 14.6. The van der Waals surface area contributed by atoms with Crippen molar-refractivity contribution >= 4 is 26.6 Å². The van der Waals surface area contributed by atoms with Gasteiger partial charge in [0.2, 0.25) is 10.0 Å². The number of nitrogens with one attached hydrogen (secondary N) is 2. The van der Waals surface area contributed by atoms with Gasteiger partial charge in [0.1, 0.15) is 10.7 Å². The van der Waals surface area contributed by atoms with Crippen molar-refractivity contribution in [2.45, 2.75) is 36.8 Å². The van der Waals surface area contributed by atoms with Gasteiger partial charge in [-0.1, -0.05) is 13.8 Å². The van der Waals surface area contributed by atoms with E-state index in [-0.39, 0.29) is 16.7 Å². The average molecular weight is 333 g/mol. The summed E-state index contributed by atoms with van der Waals surface area (Å²) >= 11 is 0. The maximum atomic E-state index is 12.3. The fraction of sp³-hybridized carbons (Fsp3) is 0.615. The molecule has 0 fully saturated rings. The van der Waals surface area contributed by atoms with Gasteiger partial charge in [-0.3, -0.25) is 4.21 Å². The van der Waals surface area contributed by atoms with Crippen LogP contribution in [0.4, 0.5) is 5.82 Å². The smallest absolute Gasteiger partial charge is 0.244 e. The van der Waals surface area contributed by atoms with E-state index in [1.54, 1.807) is 18.5 Å². The summed E-state index contributed by atoms with van der Waals surface area (Å²) in [4.78, 5) is 4.22. The van der Waals surface area contributed by atoms with Crippen molar-refractivity contribution in [3.05, 3.63) is 18.3 Å². The Morgan fingerprint density at radius 2 is 2.10 bits per heavy atom. The van der Waals surface area contributed by atoms with E-state index in [1.807, 2.05) is 13.8 Å². The molecule has 0 amide bonds. The first kappa shape index (κ1) is 18.1. The van der Waals surface area contributed by atoms with Crippen LogP contribution in [0.15, 0.2) is 23.2 Å². The largest absolute Gasteiger partial charge is 0.369 e. The van der Waals surface area contributed by atoms with Crippen LogP contribution in [0.25, 0.3) is 0 Å². The lowest BCUT2D eigenvalue weighted by Crippen LogP contribution is -2.28. The zero-order valence-corrected chi connectivity index (χ0v) is 14.3. The third kappa shape index (κ3) is 5.72. The Bertz CT molecular complexity index is 576. The molecule has 1 aromatic heterocycles. The second-order valence-electron chi connectivity index (χ2n) is 4.77. The molecule has 8 heteroatoms. The van der Waals surface area contributed by atoms with Crippen molar-refractivity contribution in [1.29, 1.82) is 0 Å². The van der Waals surface area contributed by atoms with E-state index >= 15 is 0 Å². The maximum Gasteiger partial charge on any atom is 0.244 e. The Morgan fingerprint density at radius 3 is 2.71 bits per heavy atom. The predicted octanol–water partition coefficient (Wildman–Crippen LogP) is 1.34. The molecule has 0 spiro atoms. The van der Waals surface area contributed by atoms with Gasteiger partial charge in [0, 0.05) is 41.6 Å². The Labute approximate surface area is 129 Å². The van der Waals surface area contributed by atoms with Gasteiger partial charge in [-0.15, -0.1) is 0 Å². The zero-order valence-electron chi connectivity index (χ0n) is 12.6. The van der Waals surface area contributed by atoms with Crippen LogP contribution in [-0.4, -0.2) is 42.2 Å². The molecule has 0 aliphatic heterocycles. The summed E-state index contributed by atoms with van der Waals surface area (Å²) < 4.78 is 38.4. The Kier molecular flexibility index (Phi) is 7.27. The van der Waals surface area contributed by atoms with Gasteiger partial charge in [-0.25, -0.2) is 18.1 Å². The molecule has 1 aromatic rings. The maximum absolute atomic E-state index is 12.3. The summed E-state index contributed by atoms with van der Waals surface area (Å²) in [5.41, 5.74) is 0. The minimum absolute atomic E-state index is 0.0423. The van der Waals surface area contributed by atoms with Gasteiger partial charge in [-0.05, 0) is 25.0 Å². The number of anilines is 1. The molecule has 2 N–H and O–H groups in total. The van der Waals surface area contributed by atoms with E-state index < -0.39 is 20.8 Å². The van der Waals surface area contributed by atoms with Crippen molar-refractivity contribution in [3.63, 3.8) is 0 Å². The molecule has 0 bridgehead atoms. The van der Waals surface area contributed by atoms with Crippen LogP contribution in [0.3, 0.4) is 0 Å². The van der Waals surface area contributed by atoms with Crippen molar-refractivity contribution in [2.75, 3.05) is 24.7 Å². The summed E-state index contributed by atoms with van der Waals surface area (Å²) in [5, 5.41) is 2.97. The highest BCUT2D eigenvalue weighted by Gasteiger charge is 2.19. The third-order valence-corrected chi connectivity index (χ3v) is 5.87. The van der Waals surface area contributed by atoms with Crippen LogP contribution < -0.4 is 10.0 Å². The highest BCUT2D eigenvalue weighted by Crippen LogP contribution is 2.17. The molecular weight excluding hydrogens is 310 g/mol. The summed E-state index contributed by atoms with van der Waals surface area (Å²) in [6.45, 7) is 4.74. The number of hydrogen-bond acceptors (Lipinski definition) is 5. The molecule has 21 heavy (non-hydrogen) atoms. The molecule has 0 aromatic carbocycles.